The fourth-order valence-corrected chi connectivity index (χ4v) is 1.19. The van der Waals surface area contributed by atoms with Crippen LogP contribution in [-0.4, -0.2) is 29.1 Å². The van der Waals surface area contributed by atoms with Crippen molar-refractivity contribution in [1.29, 1.82) is 0 Å². The Morgan fingerprint density at radius 1 is 1.25 bits per heavy atom. The van der Waals surface area contributed by atoms with E-state index in [2.05, 4.69) is 5.32 Å². The van der Waals surface area contributed by atoms with Gasteiger partial charge in [0.1, 0.15) is 6.04 Å². The molecule has 94 valence electrons. The maximum atomic E-state index is 11.6. The van der Waals surface area contributed by atoms with Crippen molar-refractivity contribution in [3.63, 3.8) is 0 Å². The Balaban J connectivity index is 4.67. The van der Waals surface area contributed by atoms with Gasteiger partial charge in [-0.25, -0.2) is 4.79 Å². The van der Waals surface area contributed by atoms with Gasteiger partial charge in [-0.05, 0) is 11.3 Å². The first-order chi connectivity index (χ1) is 7.07. The smallest absolute Gasteiger partial charge is 0.326 e. The summed E-state index contributed by atoms with van der Waals surface area (Å²) in [5, 5.41) is 11.5. The monoisotopic (exact) mass is 230 g/mol. The summed E-state index contributed by atoms with van der Waals surface area (Å²) in [5.74, 6) is -1.48. The summed E-state index contributed by atoms with van der Waals surface area (Å²) >= 11 is 0. The van der Waals surface area contributed by atoms with Crippen molar-refractivity contribution >= 4 is 11.9 Å². The third-order valence-corrected chi connectivity index (χ3v) is 2.42. The molecule has 0 spiro atoms. The van der Waals surface area contributed by atoms with Gasteiger partial charge in [0.25, 0.3) is 0 Å². The van der Waals surface area contributed by atoms with Crippen molar-refractivity contribution in [2.75, 3.05) is 0 Å². The average molecular weight is 230 g/mol. The van der Waals surface area contributed by atoms with Crippen molar-refractivity contribution in [1.82, 2.24) is 5.32 Å². The van der Waals surface area contributed by atoms with Gasteiger partial charge in [-0.1, -0.05) is 34.6 Å². The zero-order valence-corrected chi connectivity index (χ0v) is 10.6. The predicted octanol–water partition coefficient (Wildman–Crippen LogP) is 0.585. The summed E-state index contributed by atoms with van der Waals surface area (Å²) in [6.07, 6.45) is 0. The van der Waals surface area contributed by atoms with Crippen LogP contribution in [0.3, 0.4) is 0 Å². The standard InChI is InChI=1S/C11H22N2O3/c1-6(2)7(12)9(14)13-8(10(15)16)11(3,4)5/h6-8H,12H2,1-5H3,(H,13,14)(H,15,16)/t7-,8-/m0/s1. The largest absolute Gasteiger partial charge is 0.480 e. The first kappa shape index (κ1) is 14.9. The molecule has 0 unspecified atom stereocenters. The number of nitrogens with two attached hydrogens (primary N) is 1. The lowest BCUT2D eigenvalue weighted by Gasteiger charge is -2.29. The Hall–Kier alpha value is -1.10. The number of amides is 1. The summed E-state index contributed by atoms with van der Waals surface area (Å²) in [5.41, 5.74) is 5.10. The summed E-state index contributed by atoms with van der Waals surface area (Å²) in [6.45, 7) is 8.90. The Labute approximate surface area is 96.4 Å². The van der Waals surface area contributed by atoms with Crippen LogP contribution in [0.2, 0.25) is 0 Å². The summed E-state index contributed by atoms with van der Waals surface area (Å²) < 4.78 is 0. The second kappa shape index (κ2) is 5.30. The number of carbonyl (C=O) groups is 2. The highest BCUT2D eigenvalue weighted by molar-refractivity contribution is 5.87. The maximum Gasteiger partial charge on any atom is 0.326 e. The number of hydrogen-bond acceptors (Lipinski definition) is 3. The van der Waals surface area contributed by atoms with Gasteiger partial charge in [0.15, 0.2) is 0 Å². The van der Waals surface area contributed by atoms with Crippen LogP contribution in [0, 0.1) is 11.3 Å². The van der Waals surface area contributed by atoms with Gasteiger partial charge < -0.3 is 16.2 Å². The molecule has 5 heteroatoms. The molecule has 0 aromatic carbocycles. The molecule has 0 aromatic heterocycles. The molecular formula is C11H22N2O3. The van der Waals surface area contributed by atoms with Crippen LogP contribution < -0.4 is 11.1 Å². The lowest BCUT2D eigenvalue weighted by atomic mass is 9.86. The molecule has 0 aromatic rings. The molecule has 5 nitrogen and oxygen atoms in total. The first-order valence-electron chi connectivity index (χ1n) is 5.36. The van der Waals surface area contributed by atoms with E-state index in [1.54, 1.807) is 20.8 Å². The molecule has 4 N–H and O–H groups in total. The minimum Gasteiger partial charge on any atom is -0.480 e. The zero-order valence-electron chi connectivity index (χ0n) is 10.6. The highest BCUT2D eigenvalue weighted by Gasteiger charge is 2.34. The van der Waals surface area contributed by atoms with Crippen LogP contribution in [0.25, 0.3) is 0 Å². The van der Waals surface area contributed by atoms with Gasteiger partial charge >= 0.3 is 5.97 Å². The highest BCUT2D eigenvalue weighted by atomic mass is 16.4. The quantitative estimate of drug-likeness (QED) is 0.659. The molecule has 1 amide bonds. The number of carboxylic acid groups (broad SMARTS) is 1. The third kappa shape index (κ3) is 4.18. The van der Waals surface area contributed by atoms with Crippen molar-refractivity contribution in [2.24, 2.45) is 17.1 Å². The van der Waals surface area contributed by atoms with Crippen LogP contribution in [-0.2, 0) is 9.59 Å². The number of nitrogens with one attached hydrogen (secondary N) is 1. The Kier molecular flexibility index (Phi) is 4.93. The van der Waals surface area contributed by atoms with Crippen molar-refractivity contribution < 1.29 is 14.7 Å². The molecule has 0 aliphatic carbocycles. The van der Waals surface area contributed by atoms with Crippen LogP contribution in [0.5, 0.6) is 0 Å². The SMILES string of the molecule is CC(C)[C@H](N)C(=O)N[C@@H](C(=O)O)C(C)(C)C. The predicted molar refractivity (Wildman–Crippen MR) is 61.8 cm³/mol. The number of carboxylic acids is 1. The van der Waals surface area contributed by atoms with Crippen LogP contribution >= 0.6 is 0 Å². The second-order valence-corrected chi connectivity index (χ2v) is 5.42. The van der Waals surface area contributed by atoms with E-state index in [1.165, 1.54) is 0 Å². The molecule has 0 heterocycles. The Morgan fingerprint density at radius 2 is 1.69 bits per heavy atom. The van der Waals surface area contributed by atoms with Crippen LogP contribution in [0.15, 0.2) is 0 Å². The van der Waals surface area contributed by atoms with Gasteiger partial charge in [-0.2, -0.15) is 0 Å². The summed E-state index contributed by atoms with van der Waals surface area (Å²) in [4.78, 5) is 22.7. The van der Waals surface area contributed by atoms with E-state index in [4.69, 9.17) is 10.8 Å². The molecule has 16 heavy (non-hydrogen) atoms. The number of rotatable bonds is 4. The molecule has 0 bridgehead atoms. The van der Waals surface area contributed by atoms with Crippen LogP contribution in [0.4, 0.5) is 0 Å². The van der Waals surface area contributed by atoms with E-state index in [9.17, 15) is 9.59 Å². The molecule has 0 saturated carbocycles. The molecule has 0 fully saturated rings. The number of carbonyl (C=O) groups excluding carboxylic acids is 1. The van der Waals surface area contributed by atoms with Crippen LogP contribution in [0.1, 0.15) is 34.6 Å². The average Bonchev–Trinajstić information content (AvgIpc) is 2.09. The molecule has 0 saturated heterocycles. The van der Waals surface area contributed by atoms with Gasteiger partial charge in [0, 0.05) is 0 Å². The van der Waals surface area contributed by atoms with E-state index >= 15 is 0 Å². The van der Waals surface area contributed by atoms with Crippen molar-refractivity contribution in [3.8, 4) is 0 Å². The second-order valence-electron chi connectivity index (χ2n) is 5.42. The molecule has 0 aliphatic rings. The minimum absolute atomic E-state index is 0.0191. The normalized spacial score (nSPS) is 15.7. The molecule has 0 rings (SSSR count). The van der Waals surface area contributed by atoms with Crippen molar-refractivity contribution in [2.45, 2.75) is 46.7 Å². The fourth-order valence-electron chi connectivity index (χ4n) is 1.19. The lowest BCUT2D eigenvalue weighted by molar-refractivity contribution is -0.145. The topological polar surface area (TPSA) is 92.4 Å². The van der Waals surface area contributed by atoms with Gasteiger partial charge in [0.05, 0.1) is 6.04 Å². The summed E-state index contributed by atoms with van der Waals surface area (Å²) in [7, 11) is 0. The Morgan fingerprint density at radius 3 is 1.94 bits per heavy atom. The maximum absolute atomic E-state index is 11.6. The van der Waals surface area contributed by atoms with Gasteiger partial charge in [0.2, 0.25) is 5.91 Å². The number of aliphatic carboxylic acids is 1. The fraction of sp³-hybridized carbons (Fsp3) is 0.818. The van der Waals surface area contributed by atoms with Gasteiger partial charge in [-0.3, -0.25) is 4.79 Å². The summed E-state index contributed by atoms with van der Waals surface area (Å²) in [6, 6.07) is -1.60. The zero-order chi connectivity index (χ0) is 13.1. The lowest BCUT2D eigenvalue weighted by Crippen LogP contribution is -2.54. The highest BCUT2D eigenvalue weighted by Crippen LogP contribution is 2.19. The Bertz CT molecular complexity index is 269. The van der Waals surface area contributed by atoms with Gasteiger partial charge in [-0.15, -0.1) is 0 Å². The minimum atomic E-state index is -1.04. The van der Waals surface area contributed by atoms with E-state index < -0.39 is 29.4 Å². The van der Waals surface area contributed by atoms with E-state index in [0.29, 0.717) is 0 Å². The van der Waals surface area contributed by atoms with Crippen molar-refractivity contribution in [3.05, 3.63) is 0 Å². The molecular weight excluding hydrogens is 208 g/mol. The number of hydrogen-bond donors (Lipinski definition) is 3. The van der Waals surface area contributed by atoms with E-state index in [-0.39, 0.29) is 5.92 Å². The molecule has 0 aliphatic heterocycles. The van der Waals surface area contributed by atoms with E-state index in [1.807, 2.05) is 13.8 Å². The third-order valence-electron chi connectivity index (χ3n) is 2.42. The molecule has 2 atom stereocenters. The first-order valence-corrected chi connectivity index (χ1v) is 5.36. The van der Waals surface area contributed by atoms with E-state index in [0.717, 1.165) is 0 Å². The molecule has 0 radical (unpaired) electrons.